The molecule has 0 amide bonds. The maximum absolute atomic E-state index is 12.9. The fourth-order valence-corrected chi connectivity index (χ4v) is 1.52. The molecule has 0 saturated carbocycles. The molecule has 0 N–H and O–H groups in total. The van der Waals surface area contributed by atoms with Crippen LogP contribution in [0.15, 0.2) is 59.7 Å². The van der Waals surface area contributed by atoms with E-state index in [1.165, 1.54) is 6.08 Å². The third-order valence-electron chi connectivity index (χ3n) is 2.14. The molecule has 15 heavy (non-hydrogen) atoms. The lowest BCUT2D eigenvalue weighted by atomic mass is 10.0. The fourth-order valence-electron chi connectivity index (χ4n) is 1.52. The SMILES string of the molecule is FC1=C/C(=C\c2ccccc2)CC(F)=C1. The number of benzene rings is 1. The molecule has 0 saturated heterocycles. The van der Waals surface area contributed by atoms with Crippen LogP contribution in [0.25, 0.3) is 6.08 Å². The Kier molecular flexibility index (Phi) is 2.77. The summed E-state index contributed by atoms with van der Waals surface area (Å²) in [4.78, 5) is 0. The van der Waals surface area contributed by atoms with E-state index in [9.17, 15) is 8.78 Å². The molecule has 2 heteroatoms. The normalized spacial score (nSPS) is 18.7. The minimum atomic E-state index is -0.527. The molecule has 0 radical (unpaired) electrons. The second-order valence-electron chi connectivity index (χ2n) is 3.43. The van der Waals surface area contributed by atoms with Gasteiger partial charge in [0.05, 0.1) is 0 Å². The van der Waals surface area contributed by atoms with Crippen molar-refractivity contribution >= 4 is 6.08 Å². The molecule has 0 aromatic heterocycles. The van der Waals surface area contributed by atoms with Crippen molar-refractivity contribution in [3.8, 4) is 0 Å². The minimum Gasteiger partial charge on any atom is -0.211 e. The van der Waals surface area contributed by atoms with Crippen molar-refractivity contribution in [1.29, 1.82) is 0 Å². The van der Waals surface area contributed by atoms with Crippen LogP contribution in [0.5, 0.6) is 0 Å². The molecule has 1 aromatic carbocycles. The number of allylic oxidation sites excluding steroid dienone is 5. The van der Waals surface area contributed by atoms with Gasteiger partial charge in [0.15, 0.2) is 0 Å². The third-order valence-corrected chi connectivity index (χ3v) is 2.14. The van der Waals surface area contributed by atoms with E-state index in [1.807, 2.05) is 30.3 Å². The van der Waals surface area contributed by atoms with E-state index in [-0.39, 0.29) is 6.42 Å². The average Bonchev–Trinajstić information content (AvgIpc) is 2.17. The maximum Gasteiger partial charge on any atom is 0.126 e. The monoisotopic (exact) mass is 204 g/mol. The Hall–Kier alpha value is -1.70. The van der Waals surface area contributed by atoms with Crippen molar-refractivity contribution in [3.05, 3.63) is 65.3 Å². The number of hydrogen-bond donors (Lipinski definition) is 0. The van der Waals surface area contributed by atoms with Crippen molar-refractivity contribution in [2.75, 3.05) is 0 Å². The maximum atomic E-state index is 12.9. The molecule has 1 aliphatic rings. The molecule has 0 heterocycles. The van der Waals surface area contributed by atoms with Gasteiger partial charge in [0, 0.05) is 12.5 Å². The lowest BCUT2D eigenvalue weighted by Gasteiger charge is -2.06. The van der Waals surface area contributed by atoms with Gasteiger partial charge in [-0.25, -0.2) is 8.78 Å². The Bertz CT molecular complexity index is 439. The zero-order chi connectivity index (χ0) is 10.7. The predicted molar refractivity (Wildman–Crippen MR) is 57.4 cm³/mol. The van der Waals surface area contributed by atoms with Gasteiger partial charge < -0.3 is 0 Å². The Morgan fingerprint density at radius 1 is 1.00 bits per heavy atom. The fraction of sp³-hybridized carbons (Fsp3) is 0.0769. The first kappa shape index (κ1) is 9.84. The predicted octanol–water partition coefficient (Wildman–Crippen LogP) is 4.18. The highest BCUT2D eigenvalue weighted by atomic mass is 19.1. The summed E-state index contributed by atoms with van der Waals surface area (Å²) in [7, 11) is 0. The first-order chi connectivity index (χ1) is 7.24. The molecule has 0 nitrogen and oxygen atoms in total. The summed E-state index contributed by atoms with van der Waals surface area (Å²) in [5, 5.41) is 0. The summed E-state index contributed by atoms with van der Waals surface area (Å²) in [6.07, 6.45) is 4.23. The van der Waals surface area contributed by atoms with E-state index in [1.54, 1.807) is 6.08 Å². The van der Waals surface area contributed by atoms with Crippen molar-refractivity contribution in [2.24, 2.45) is 0 Å². The average molecular weight is 204 g/mol. The Morgan fingerprint density at radius 2 is 1.73 bits per heavy atom. The lowest BCUT2D eigenvalue weighted by Crippen LogP contribution is -1.89. The molecule has 0 bridgehead atoms. The van der Waals surface area contributed by atoms with Crippen LogP contribution in [-0.4, -0.2) is 0 Å². The van der Waals surface area contributed by atoms with E-state index >= 15 is 0 Å². The molecule has 1 aromatic rings. The highest BCUT2D eigenvalue weighted by molar-refractivity contribution is 5.58. The van der Waals surface area contributed by atoms with Crippen LogP contribution in [0.2, 0.25) is 0 Å². The molecular formula is C13H10F2. The Labute approximate surface area is 87.2 Å². The Balaban J connectivity index is 2.27. The van der Waals surface area contributed by atoms with Crippen LogP contribution < -0.4 is 0 Å². The number of rotatable bonds is 1. The third kappa shape index (κ3) is 2.62. The molecular weight excluding hydrogens is 194 g/mol. The van der Waals surface area contributed by atoms with Crippen LogP contribution in [0.4, 0.5) is 8.78 Å². The van der Waals surface area contributed by atoms with Crippen LogP contribution in [0, 0.1) is 0 Å². The molecule has 1 aliphatic carbocycles. The molecule has 2 rings (SSSR count). The number of hydrogen-bond acceptors (Lipinski definition) is 0. The van der Waals surface area contributed by atoms with Gasteiger partial charge in [-0.2, -0.15) is 0 Å². The second kappa shape index (κ2) is 4.22. The lowest BCUT2D eigenvalue weighted by molar-refractivity contribution is 0.584. The van der Waals surface area contributed by atoms with Gasteiger partial charge in [0.1, 0.15) is 11.7 Å². The van der Waals surface area contributed by atoms with Crippen molar-refractivity contribution in [1.82, 2.24) is 0 Å². The van der Waals surface area contributed by atoms with Gasteiger partial charge >= 0.3 is 0 Å². The molecule has 0 unspecified atom stereocenters. The van der Waals surface area contributed by atoms with E-state index in [4.69, 9.17) is 0 Å². The Morgan fingerprint density at radius 3 is 2.40 bits per heavy atom. The zero-order valence-electron chi connectivity index (χ0n) is 8.08. The van der Waals surface area contributed by atoms with Crippen LogP contribution in [0.3, 0.4) is 0 Å². The smallest absolute Gasteiger partial charge is 0.126 e. The molecule has 0 atom stereocenters. The highest BCUT2D eigenvalue weighted by Crippen LogP contribution is 2.25. The van der Waals surface area contributed by atoms with E-state index < -0.39 is 11.7 Å². The molecule has 0 aliphatic heterocycles. The summed E-state index contributed by atoms with van der Waals surface area (Å²) in [5.74, 6) is -0.960. The number of halogens is 2. The van der Waals surface area contributed by atoms with Crippen molar-refractivity contribution in [3.63, 3.8) is 0 Å². The standard InChI is InChI=1S/C13H10F2/c14-12-7-11(8-13(15)9-12)6-10-4-2-1-3-5-10/h1-7,9H,8H2/b11-6+. The summed E-state index contributed by atoms with van der Waals surface area (Å²) in [5.41, 5.74) is 1.60. The summed E-state index contributed by atoms with van der Waals surface area (Å²) in [6, 6.07) is 9.48. The van der Waals surface area contributed by atoms with Gasteiger partial charge in [-0.3, -0.25) is 0 Å². The minimum absolute atomic E-state index is 0.169. The van der Waals surface area contributed by atoms with E-state index in [0.717, 1.165) is 11.6 Å². The quantitative estimate of drug-likeness (QED) is 0.643. The summed E-state index contributed by atoms with van der Waals surface area (Å²) < 4.78 is 25.8. The molecule has 0 spiro atoms. The van der Waals surface area contributed by atoms with Gasteiger partial charge in [0.2, 0.25) is 0 Å². The topological polar surface area (TPSA) is 0 Å². The second-order valence-corrected chi connectivity index (χ2v) is 3.43. The first-order valence-corrected chi connectivity index (χ1v) is 4.73. The zero-order valence-corrected chi connectivity index (χ0v) is 8.08. The van der Waals surface area contributed by atoms with Gasteiger partial charge in [-0.05, 0) is 17.2 Å². The van der Waals surface area contributed by atoms with Crippen LogP contribution >= 0.6 is 0 Å². The van der Waals surface area contributed by atoms with E-state index in [2.05, 4.69) is 0 Å². The van der Waals surface area contributed by atoms with Crippen LogP contribution in [-0.2, 0) is 0 Å². The van der Waals surface area contributed by atoms with Gasteiger partial charge in [0.25, 0.3) is 0 Å². The molecule has 0 fully saturated rings. The van der Waals surface area contributed by atoms with Crippen molar-refractivity contribution < 1.29 is 8.78 Å². The van der Waals surface area contributed by atoms with Crippen LogP contribution in [0.1, 0.15) is 12.0 Å². The van der Waals surface area contributed by atoms with Gasteiger partial charge in [-0.1, -0.05) is 36.4 Å². The van der Waals surface area contributed by atoms with Gasteiger partial charge in [-0.15, -0.1) is 0 Å². The summed E-state index contributed by atoms with van der Waals surface area (Å²) >= 11 is 0. The van der Waals surface area contributed by atoms with Crippen molar-refractivity contribution in [2.45, 2.75) is 6.42 Å². The largest absolute Gasteiger partial charge is 0.211 e. The van der Waals surface area contributed by atoms with E-state index in [0.29, 0.717) is 5.57 Å². The molecule has 76 valence electrons. The highest BCUT2D eigenvalue weighted by Gasteiger charge is 2.08. The first-order valence-electron chi connectivity index (χ1n) is 4.73. The summed E-state index contributed by atoms with van der Waals surface area (Å²) in [6.45, 7) is 0.